The molecule has 0 unspecified atom stereocenters. The third-order valence-electron chi connectivity index (χ3n) is 4.20. The Hall–Kier alpha value is -3.34. The molecule has 0 saturated carbocycles. The lowest BCUT2D eigenvalue weighted by molar-refractivity contribution is -0.286. The van der Waals surface area contributed by atoms with E-state index in [0.717, 1.165) is 11.3 Å². The number of amides is 1. The fraction of sp³-hybridized carbons (Fsp3) is 0.211. The highest BCUT2D eigenvalue weighted by Crippen LogP contribution is 2.42. The van der Waals surface area contributed by atoms with Gasteiger partial charge in [0.2, 0.25) is 5.91 Å². The first kappa shape index (κ1) is 20.0. The van der Waals surface area contributed by atoms with Crippen LogP contribution in [0.4, 0.5) is 14.5 Å². The smallest absolute Gasteiger partial charge is 0.497 e. The average Bonchev–Trinajstić information content (AvgIpc) is 3.23. The maximum absolute atomic E-state index is 13.1. The molecule has 2 heterocycles. The maximum atomic E-state index is 13.1. The number of alkyl halides is 2. The van der Waals surface area contributed by atoms with Gasteiger partial charge >= 0.3 is 6.29 Å². The molecular weight excluding hydrogens is 418 g/mol. The van der Waals surface area contributed by atoms with Crippen molar-refractivity contribution < 1.29 is 27.8 Å². The summed E-state index contributed by atoms with van der Waals surface area (Å²) in [5.74, 6) is 0.885. The van der Waals surface area contributed by atoms with Crippen molar-refractivity contribution >= 4 is 23.4 Å². The number of hydrogen-bond acceptors (Lipinski definition) is 7. The lowest BCUT2D eigenvalue weighted by Gasteiger charge is -2.07. The van der Waals surface area contributed by atoms with Crippen molar-refractivity contribution in [1.29, 1.82) is 0 Å². The molecule has 156 valence electrons. The number of methoxy groups -OCH3 is 1. The quantitative estimate of drug-likeness (QED) is 0.594. The van der Waals surface area contributed by atoms with E-state index in [1.165, 1.54) is 30.0 Å². The van der Waals surface area contributed by atoms with Gasteiger partial charge in [-0.25, -0.2) is 0 Å². The predicted molar refractivity (Wildman–Crippen MR) is 105 cm³/mol. The number of hydrogen-bond donors (Lipinski definition) is 1. The van der Waals surface area contributed by atoms with Crippen molar-refractivity contribution in [2.24, 2.45) is 7.05 Å². The number of rotatable bonds is 6. The van der Waals surface area contributed by atoms with Crippen LogP contribution in [0.5, 0.6) is 17.2 Å². The molecular formula is C19H16F2N4O4S. The molecule has 0 spiro atoms. The standard InChI is InChI=1S/C19H16F2N4O4S/c1-25-17(11-3-6-13(27-2)7-4-11)23-24-18(25)30-10-16(26)22-12-5-8-14-15(9-12)29-19(20,21)28-14/h3-9H,10H2,1-2H3,(H,22,26). The van der Waals surface area contributed by atoms with E-state index < -0.39 is 6.29 Å². The highest BCUT2D eigenvalue weighted by atomic mass is 32.2. The number of nitrogens with one attached hydrogen (secondary N) is 1. The molecule has 1 aliphatic heterocycles. The zero-order chi connectivity index (χ0) is 21.3. The summed E-state index contributed by atoms with van der Waals surface area (Å²) in [6.07, 6.45) is -3.70. The molecule has 8 nitrogen and oxygen atoms in total. The second kappa shape index (κ2) is 7.82. The molecule has 0 atom stereocenters. The number of carbonyl (C=O) groups is 1. The highest BCUT2D eigenvalue weighted by molar-refractivity contribution is 7.99. The number of aromatic nitrogens is 3. The first-order chi connectivity index (χ1) is 14.3. The second-order valence-electron chi connectivity index (χ2n) is 6.26. The second-order valence-corrected chi connectivity index (χ2v) is 7.20. The van der Waals surface area contributed by atoms with Crippen molar-refractivity contribution in [3.63, 3.8) is 0 Å². The van der Waals surface area contributed by atoms with Crippen LogP contribution in [-0.4, -0.2) is 39.8 Å². The fourth-order valence-corrected chi connectivity index (χ4v) is 3.50. The van der Waals surface area contributed by atoms with Gasteiger partial charge in [-0.1, -0.05) is 11.8 Å². The summed E-state index contributed by atoms with van der Waals surface area (Å²) >= 11 is 1.20. The molecule has 4 rings (SSSR count). The van der Waals surface area contributed by atoms with Crippen LogP contribution < -0.4 is 19.5 Å². The molecule has 2 aromatic carbocycles. The van der Waals surface area contributed by atoms with Crippen LogP contribution in [0.15, 0.2) is 47.6 Å². The molecule has 11 heteroatoms. The van der Waals surface area contributed by atoms with E-state index >= 15 is 0 Å². The molecule has 0 saturated heterocycles. The Morgan fingerprint density at radius 2 is 1.90 bits per heavy atom. The molecule has 1 aliphatic rings. The minimum Gasteiger partial charge on any atom is -0.497 e. The highest BCUT2D eigenvalue weighted by Gasteiger charge is 2.43. The lowest BCUT2D eigenvalue weighted by atomic mass is 10.2. The predicted octanol–water partition coefficient (Wildman–Crippen LogP) is 3.54. The molecule has 3 aromatic rings. The number of fused-ring (bicyclic) bond motifs is 1. The van der Waals surface area contributed by atoms with E-state index in [1.54, 1.807) is 18.7 Å². The van der Waals surface area contributed by atoms with Crippen molar-refractivity contribution in [1.82, 2.24) is 14.8 Å². The first-order valence-corrected chi connectivity index (χ1v) is 9.69. The third kappa shape index (κ3) is 4.15. The maximum Gasteiger partial charge on any atom is 0.586 e. The van der Waals surface area contributed by atoms with Crippen molar-refractivity contribution in [3.8, 4) is 28.6 Å². The third-order valence-corrected chi connectivity index (χ3v) is 5.22. The molecule has 0 radical (unpaired) electrons. The van der Waals surface area contributed by atoms with Crippen LogP contribution in [0.3, 0.4) is 0 Å². The summed E-state index contributed by atoms with van der Waals surface area (Å²) in [4.78, 5) is 12.2. The number of nitrogens with zero attached hydrogens (tertiary/aromatic N) is 3. The van der Waals surface area contributed by atoms with E-state index in [-0.39, 0.29) is 23.2 Å². The van der Waals surface area contributed by atoms with Gasteiger partial charge in [-0.2, -0.15) is 0 Å². The summed E-state index contributed by atoms with van der Waals surface area (Å²) in [7, 11) is 3.40. The van der Waals surface area contributed by atoms with E-state index in [1.807, 2.05) is 24.3 Å². The SMILES string of the molecule is COc1ccc(-c2nnc(SCC(=O)Nc3ccc4c(c3)OC(F)(F)O4)n2C)cc1. The molecule has 1 N–H and O–H groups in total. The van der Waals surface area contributed by atoms with Crippen LogP contribution in [-0.2, 0) is 11.8 Å². The Bertz CT molecular complexity index is 1090. The zero-order valence-corrected chi connectivity index (χ0v) is 16.7. The average molecular weight is 434 g/mol. The summed E-state index contributed by atoms with van der Waals surface area (Å²) in [6.45, 7) is 0. The van der Waals surface area contributed by atoms with Gasteiger partial charge in [0.15, 0.2) is 22.5 Å². The van der Waals surface area contributed by atoms with Crippen LogP contribution in [0.1, 0.15) is 0 Å². The fourth-order valence-electron chi connectivity index (χ4n) is 2.79. The van der Waals surface area contributed by atoms with Crippen LogP contribution in [0, 0.1) is 0 Å². The van der Waals surface area contributed by atoms with Gasteiger partial charge in [0.25, 0.3) is 0 Å². The van der Waals surface area contributed by atoms with Crippen LogP contribution in [0.2, 0.25) is 0 Å². The summed E-state index contributed by atoms with van der Waals surface area (Å²) in [6, 6.07) is 11.4. The molecule has 1 aromatic heterocycles. The monoisotopic (exact) mass is 434 g/mol. The number of thioether (sulfide) groups is 1. The first-order valence-electron chi connectivity index (χ1n) is 8.71. The lowest BCUT2D eigenvalue weighted by Crippen LogP contribution is -2.25. The van der Waals surface area contributed by atoms with Gasteiger partial charge in [-0.15, -0.1) is 19.0 Å². The van der Waals surface area contributed by atoms with Crippen LogP contribution in [0.25, 0.3) is 11.4 Å². The Balaban J connectivity index is 1.37. The van der Waals surface area contributed by atoms with E-state index in [4.69, 9.17) is 4.74 Å². The number of halogens is 2. The van der Waals surface area contributed by atoms with Crippen molar-refractivity contribution in [3.05, 3.63) is 42.5 Å². The number of benzene rings is 2. The van der Waals surface area contributed by atoms with Crippen LogP contribution >= 0.6 is 11.8 Å². The van der Waals surface area contributed by atoms with Gasteiger partial charge in [0.05, 0.1) is 12.9 Å². The van der Waals surface area contributed by atoms with E-state index in [0.29, 0.717) is 16.7 Å². The molecule has 1 amide bonds. The van der Waals surface area contributed by atoms with Gasteiger partial charge in [-0.05, 0) is 36.4 Å². The van der Waals surface area contributed by atoms with E-state index in [2.05, 4.69) is 25.0 Å². The summed E-state index contributed by atoms with van der Waals surface area (Å²) in [5.41, 5.74) is 1.18. The number of carbonyl (C=O) groups excluding carboxylic acids is 1. The summed E-state index contributed by atoms with van der Waals surface area (Å²) in [5, 5.41) is 11.5. The Labute approximate surface area is 174 Å². The Kier molecular flexibility index (Phi) is 5.20. The molecule has 0 aliphatic carbocycles. The van der Waals surface area contributed by atoms with Crippen molar-refractivity contribution in [2.75, 3.05) is 18.2 Å². The number of anilines is 1. The molecule has 30 heavy (non-hydrogen) atoms. The Morgan fingerprint density at radius 1 is 1.17 bits per heavy atom. The topological polar surface area (TPSA) is 87.5 Å². The van der Waals surface area contributed by atoms with Gasteiger partial charge in [0, 0.05) is 24.4 Å². The minimum absolute atomic E-state index is 0.0547. The number of ether oxygens (including phenoxy) is 3. The van der Waals surface area contributed by atoms with E-state index in [9.17, 15) is 13.6 Å². The minimum atomic E-state index is -3.70. The van der Waals surface area contributed by atoms with Crippen molar-refractivity contribution in [2.45, 2.75) is 11.5 Å². The molecule has 0 bridgehead atoms. The van der Waals surface area contributed by atoms with Gasteiger partial charge < -0.3 is 24.1 Å². The van der Waals surface area contributed by atoms with Gasteiger partial charge in [0.1, 0.15) is 5.75 Å². The largest absolute Gasteiger partial charge is 0.586 e. The Morgan fingerprint density at radius 3 is 2.63 bits per heavy atom. The zero-order valence-electron chi connectivity index (χ0n) is 15.9. The van der Waals surface area contributed by atoms with Gasteiger partial charge in [-0.3, -0.25) is 4.79 Å². The molecule has 0 fully saturated rings. The normalized spacial score (nSPS) is 13.9. The summed E-state index contributed by atoms with van der Waals surface area (Å²) < 4.78 is 41.8.